The van der Waals surface area contributed by atoms with E-state index in [1.54, 1.807) is 12.1 Å². The molecule has 4 rings (SSSR count). The number of aryl methyl sites for hydroxylation is 2. The molecule has 0 spiro atoms. The highest BCUT2D eigenvalue weighted by molar-refractivity contribution is 6.04. The second-order valence-electron chi connectivity index (χ2n) is 7.96. The number of hydrogen-bond acceptors (Lipinski definition) is 3. The highest BCUT2D eigenvalue weighted by Crippen LogP contribution is 2.34. The van der Waals surface area contributed by atoms with Crippen molar-refractivity contribution in [2.24, 2.45) is 0 Å². The number of nitrogens with one attached hydrogen (secondary N) is 2. The molecule has 2 N–H and O–H groups in total. The molecule has 0 fully saturated rings. The van der Waals surface area contributed by atoms with Gasteiger partial charge in [-0.1, -0.05) is 31.2 Å². The molecule has 0 unspecified atom stereocenters. The van der Waals surface area contributed by atoms with Gasteiger partial charge in [-0.3, -0.25) is 9.59 Å². The van der Waals surface area contributed by atoms with Crippen LogP contribution in [0.1, 0.15) is 56.9 Å². The Hall–Kier alpha value is -3.60. The summed E-state index contributed by atoms with van der Waals surface area (Å²) < 4.78 is 0. The number of fused-ring (bicyclic) bond motifs is 1. The fourth-order valence-corrected chi connectivity index (χ4v) is 3.90. The quantitative estimate of drug-likeness (QED) is 0.558. The molecule has 31 heavy (non-hydrogen) atoms. The normalized spacial score (nSPS) is 15.0. The van der Waals surface area contributed by atoms with Crippen LogP contribution in [0.25, 0.3) is 0 Å². The van der Waals surface area contributed by atoms with Crippen molar-refractivity contribution in [3.63, 3.8) is 0 Å². The van der Waals surface area contributed by atoms with Crippen LogP contribution in [0.2, 0.25) is 0 Å². The lowest BCUT2D eigenvalue weighted by Gasteiger charge is -2.26. The van der Waals surface area contributed by atoms with Crippen LogP contribution in [-0.4, -0.2) is 23.3 Å². The van der Waals surface area contributed by atoms with Gasteiger partial charge in [0.15, 0.2) is 0 Å². The number of rotatable bonds is 6. The summed E-state index contributed by atoms with van der Waals surface area (Å²) in [6, 6.07) is 21.0. The number of hydrogen-bond donors (Lipinski definition) is 2. The number of carbonyl (C=O) groups excluding carboxylic acids is 2. The zero-order chi connectivity index (χ0) is 22.0. The molecule has 0 aromatic heterocycles. The van der Waals surface area contributed by atoms with E-state index >= 15 is 0 Å². The first-order chi connectivity index (χ1) is 15.0. The molecule has 1 aliphatic heterocycles. The average Bonchev–Trinajstić information content (AvgIpc) is 3.03. The smallest absolute Gasteiger partial charge is 0.256 e. The summed E-state index contributed by atoms with van der Waals surface area (Å²) in [7, 11) is 0. The Balaban J connectivity index is 1.49. The topological polar surface area (TPSA) is 61.4 Å². The minimum atomic E-state index is -0.209. The lowest BCUT2D eigenvalue weighted by atomic mass is 10.1. The number of nitrogens with zero attached hydrogens (tertiary/aromatic N) is 1. The predicted octanol–water partition coefficient (Wildman–Crippen LogP) is 5.53. The summed E-state index contributed by atoms with van der Waals surface area (Å²) in [6.07, 6.45) is 0.675. The molecule has 0 aliphatic carbocycles. The zero-order valence-electron chi connectivity index (χ0n) is 18.1. The van der Waals surface area contributed by atoms with E-state index in [9.17, 15) is 9.59 Å². The number of benzene rings is 3. The number of amides is 2. The average molecular weight is 414 g/mol. The summed E-state index contributed by atoms with van der Waals surface area (Å²) in [5.74, 6) is -0.0943. The van der Waals surface area contributed by atoms with Gasteiger partial charge in [-0.2, -0.15) is 0 Å². The van der Waals surface area contributed by atoms with Gasteiger partial charge in [0.2, 0.25) is 0 Å². The van der Waals surface area contributed by atoms with E-state index in [0.717, 1.165) is 34.5 Å². The van der Waals surface area contributed by atoms with Gasteiger partial charge in [-0.25, -0.2) is 0 Å². The SMILES string of the molecule is CCCN1C(=O)c2ccccc2[C@H]1Nc1ccc(C(=O)Nc2ccc(C)c(C)c2)cc1. The number of carbonyl (C=O) groups is 2. The molecule has 0 radical (unpaired) electrons. The fourth-order valence-electron chi connectivity index (χ4n) is 3.90. The number of anilines is 2. The van der Waals surface area contributed by atoms with Gasteiger partial charge in [0, 0.05) is 34.6 Å². The molecule has 158 valence electrons. The monoisotopic (exact) mass is 413 g/mol. The third kappa shape index (κ3) is 4.17. The van der Waals surface area contributed by atoms with Crippen LogP contribution in [0.4, 0.5) is 11.4 Å². The summed E-state index contributed by atoms with van der Waals surface area (Å²) in [5, 5.41) is 6.41. The van der Waals surface area contributed by atoms with E-state index in [4.69, 9.17) is 0 Å². The van der Waals surface area contributed by atoms with Crippen molar-refractivity contribution in [1.82, 2.24) is 4.90 Å². The van der Waals surface area contributed by atoms with Crippen LogP contribution in [0.5, 0.6) is 0 Å². The standard InChI is InChI=1S/C26H27N3O2/c1-4-15-29-24(22-7-5-6-8-23(22)26(29)31)27-20-13-10-19(11-14-20)25(30)28-21-12-9-17(2)18(3)16-21/h5-14,16,24,27H,4,15H2,1-3H3,(H,28,30)/t24-/m0/s1. The molecule has 0 saturated heterocycles. The van der Waals surface area contributed by atoms with Crippen LogP contribution in [0.3, 0.4) is 0 Å². The maximum atomic E-state index is 12.8. The molecule has 1 aliphatic rings. The van der Waals surface area contributed by atoms with Crippen molar-refractivity contribution in [1.29, 1.82) is 0 Å². The third-order valence-electron chi connectivity index (χ3n) is 5.74. The first kappa shape index (κ1) is 20.7. The van der Waals surface area contributed by atoms with Gasteiger partial charge in [0.1, 0.15) is 6.17 Å². The Bertz CT molecular complexity index is 1120. The molecule has 5 heteroatoms. The summed E-state index contributed by atoms with van der Waals surface area (Å²) in [5.41, 5.74) is 6.29. The maximum Gasteiger partial charge on any atom is 0.256 e. The van der Waals surface area contributed by atoms with Crippen LogP contribution in [0.15, 0.2) is 66.7 Å². The van der Waals surface area contributed by atoms with Gasteiger partial charge in [-0.05, 0) is 73.9 Å². The van der Waals surface area contributed by atoms with Crippen LogP contribution < -0.4 is 10.6 Å². The van der Waals surface area contributed by atoms with Crippen molar-refractivity contribution in [2.75, 3.05) is 17.2 Å². The molecular weight excluding hydrogens is 386 g/mol. The van der Waals surface area contributed by atoms with Crippen molar-refractivity contribution < 1.29 is 9.59 Å². The zero-order valence-corrected chi connectivity index (χ0v) is 18.1. The molecular formula is C26H27N3O2. The van der Waals surface area contributed by atoms with E-state index in [0.29, 0.717) is 12.1 Å². The highest BCUT2D eigenvalue weighted by atomic mass is 16.2. The van der Waals surface area contributed by atoms with Crippen molar-refractivity contribution in [3.8, 4) is 0 Å². The first-order valence-corrected chi connectivity index (χ1v) is 10.6. The van der Waals surface area contributed by atoms with Gasteiger partial charge >= 0.3 is 0 Å². The third-order valence-corrected chi connectivity index (χ3v) is 5.74. The maximum absolute atomic E-state index is 12.8. The second kappa shape index (κ2) is 8.64. The molecule has 1 atom stereocenters. The molecule has 0 bridgehead atoms. The van der Waals surface area contributed by atoms with Crippen LogP contribution >= 0.6 is 0 Å². The van der Waals surface area contributed by atoms with E-state index in [1.165, 1.54) is 5.56 Å². The van der Waals surface area contributed by atoms with E-state index < -0.39 is 0 Å². The predicted molar refractivity (Wildman–Crippen MR) is 124 cm³/mol. The van der Waals surface area contributed by atoms with Gasteiger partial charge in [-0.15, -0.1) is 0 Å². The minimum Gasteiger partial charge on any atom is -0.361 e. The highest BCUT2D eigenvalue weighted by Gasteiger charge is 2.35. The lowest BCUT2D eigenvalue weighted by Crippen LogP contribution is -2.32. The molecule has 3 aromatic carbocycles. The van der Waals surface area contributed by atoms with Crippen LogP contribution in [0, 0.1) is 13.8 Å². The first-order valence-electron chi connectivity index (χ1n) is 10.6. The molecule has 2 amide bonds. The Morgan fingerprint density at radius 2 is 1.65 bits per heavy atom. The Labute approximate surface area is 183 Å². The Morgan fingerprint density at radius 1 is 0.935 bits per heavy atom. The van der Waals surface area contributed by atoms with Gasteiger partial charge in [0.05, 0.1) is 0 Å². The summed E-state index contributed by atoms with van der Waals surface area (Å²) in [6.45, 7) is 6.82. The van der Waals surface area contributed by atoms with Gasteiger partial charge < -0.3 is 15.5 Å². The van der Waals surface area contributed by atoms with Gasteiger partial charge in [0.25, 0.3) is 11.8 Å². The van der Waals surface area contributed by atoms with Crippen molar-refractivity contribution >= 4 is 23.2 Å². The molecule has 3 aromatic rings. The Kier molecular flexibility index (Phi) is 5.76. The second-order valence-corrected chi connectivity index (χ2v) is 7.96. The fraction of sp³-hybridized carbons (Fsp3) is 0.231. The molecule has 1 heterocycles. The van der Waals surface area contributed by atoms with E-state index in [1.807, 2.05) is 73.3 Å². The lowest BCUT2D eigenvalue weighted by molar-refractivity contribution is 0.0743. The Morgan fingerprint density at radius 3 is 2.35 bits per heavy atom. The van der Waals surface area contributed by atoms with Crippen LogP contribution in [-0.2, 0) is 0 Å². The summed E-state index contributed by atoms with van der Waals surface area (Å²) in [4.78, 5) is 27.3. The van der Waals surface area contributed by atoms with E-state index in [2.05, 4.69) is 17.6 Å². The van der Waals surface area contributed by atoms with Crippen molar-refractivity contribution in [2.45, 2.75) is 33.4 Å². The molecule has 0 saturated carbocycles. The summed E-state index contributed by atoms with van der Waals surface area (Å²) >= 11 is 0. The molecule has 5 nitrogen and oxygen atoms in total. The van der Waals surface area contributed by atoms with Crippen molar-refractivity contribution in [3.05, 3.63) is 94.5 Å². The van der Waals surface area contributed by atoms with E-state index in [-0.39, 0.29) is 18.0 Å². The largest absolute Gasteiger partial charge is 0.361 e. The minimum absolute atomic E-state index is 0.0549.